The maximum absolute atomic E-state index is 13.4. The minimum absolute atomic E-state index is 0.00818. The number of aliphatic hydroxyl groups is 1. The summed E-state index contributed by atoms with van der Waals surface area (Å²) in [7, 11) is 1.45. The van der Waals surface area contributed by atoms with Gasteiger partial charge in [0, 0.05) is 32.2 Å². The van der Waals surface area contributed by atoms with Gasteiger partial charge in [0.2, 0.25) is 0 Å². The Balaban J connectivity index is 1.80. The second-order valence-electron chi connectivity index (χ2n) is 5.59. The lowest BCUT2D eigenvalue weighted by Crippen LogP contribution is -2.44. The maximum atomic E-state index is 13.4. The highest BCUT2D eigenvalue weighted by molar-refractivity contribution is 5.31. The van der Waals surface area contributed by atoms with Crippen molar-refractivity contribution in [3.8, 4) is 5.75 Å². The Morgan fingerprint density at radius 3 is 2.82 bits per heavy atom. The third kappa shape index (κ3) is 4.91. The first-order chi connectivity index (χ1) is 10.6. The Hall–Kier alpha value is -1.21. The van der Waals surface area contributed by atoms with E-state index in [4.69, 9.17) is 9.47 Å². The molecule has 5 nitrogen and oxygen atoms in total. The number of hydrogen-bond donors (Lipinski definition) is 2. The fourth-order valence-corrected chi connectivity index (χ4v) is 2.52. The van der Waals surface area contributed by atoms with Crippen molar-refractivity contribution in [3.05, 3.63) is 29.6 Å². The smallest absolute Gasteiger partial charge is 0.165 e. The number of hydrogen-bond acceptors (Lipinski definition) is 5. The van der Waals surface area contributed by atoms with Crippen LogP contribution in [0.1, 0.15) is 18.5 Å². The van der Waals surface area contributed by atoms with E-state index in [1.54, 1.807) is 12.1 Å². The first kappa shape index (κ1) is 17.1. The van der Waals surface area contributed by atoms with Crippen molar-refractivity contribution in [1.82, 2.24) is 10.2 Å². The number of halogens is 1. The van der Waals surface area contributed by atoms with Gasteiger partial charge in [-0.2, -0.15) is 0 Å². The van der Waals surface area contributed by atoms with E-state index in [9.17, 15) is 9.50 Å². The van der Waals surface area contributed by atoms with E-state index in [1.165, 1.54) is 13.2 Å². The van der Waals surface area contributed by atoms with E-state index < -0.39 is 6.10 Å². The quantitative estimate of drug-likeness (QED) is 0.792. The molecule has 6 heteroatoms. The third-order valence-electron chi connectivity index (χ3n) is 3.91. The molecule has 1 aromatic rings. The number of nitrogens with one attached hydrogen (secondary N) is 1. The van der Waals surface area contributed by atoms with Crippen LogP contribution in [0.15, 0.2) is 18.2 Å². The standard InChI is InChI=1S/C16H25FN2O3/c1-12(13-3-4-15(17)16(9-13)21-2)18-10-14(20)11-19-5-7-22-8-6-19/h3-4,9,12,14,18,20H,5-8,10-11H2,1-2H3. The van der Waals surface area contributed by atoms with Crippen molar-refractivity contribution in [2.45, 2.75) is 19.1 Å². The van der Waals surface area contributed by atoms with Crippen LogP contribution in [-0.4, -0.2) is 62.6 Å². The van der Waals surface area contributed by atoms with Gasteiger partial charge in [-0.1, -0.05) is 6.07 Å². The van der Waals surface area contributed by atoms with Crippen LogP contribution in [0.2, 0.25) is 0 Å². The summed E-state index contributed by atoms with van der Waals surface area (Å²) in [5.74, 6) is -0.134. The van der Waals surface area contributed by atoms with E-state index in [-0.39, 0.29) is 17.6 Å². The summed E-state index contributed by atoms with van der Waals surface area (Å²) in [5.41, 5.74) is 0.928. The summed E-state index contributed by atoms with van der Waals surface area (Å²) in [6.45, 7) is 6.28. The Labute approximate surface area is 131 Å². The molecule has 1 heterocycles. The van der Waals surface area contributed by atoms with Gasteiger partial charge in [0.1, 0.15) is 0 Å². The monoisotopic (exact) mass is 312 g/mol. The molecule has 124 valence electrons. The molecule has 2 unspecified atom stereocenters. The molecule has 0 bridgehead atoms. The number of rotatable bonds is 7. The molecule has 0 spiro atoms. The zero-order valence-corrected chi connectivity index (χ0v) is 13.2. The zero-order chi connectivity index (χ0) is 15.9. The molecular weight excluding hydrogens is 287 g/mol. The number of aliphatic hydroxyl groups excluding tert-OH is 1. The second-order valence-corrected chi connectivity index (χ2v) is 5.59. The van der Waals surface area contributed by atoms with Crippen LogP contribution in [0.3, 0.4) is 0 Å². The van der Waals surface area contributed by atoms with Gasteiger partial charge < -0.3 is 19.9 Å². The van der Waals surface area contributed by atoms with Gasteiger partial charge in [-0.05, 0) is 24.6 Å². The molecule has 0 saturated carbocycles. The summed E-state index contributed by atoms with van der Waals surface area (Å²) >= 11 is 0. The molecule has 2 rings (SSSR count). The van der Waals surface area contributed by atoms with E-state index in [0.717, 1.165) is 31.9 Å². The number of morpholine rings is 1. The minimum Gasteiger partial charge on any atom is -0.494 e. The van der Waals surface area contributed by atoms with E-state index in [2.05, 4.69) is 10.2 Å². The highest BCUT2D eigenvalue weighted by atomic mass is 19.1. The molecule has 22 heavy (non-hydrogen) atoms. The lowest BCUT2D eigenvalue weighted by molar-refractivity contribution is 0.0145. The summed E-state index contributed by atoms with van der Waals surface area (Å²) in [6.07, 6.45) is -0.442. The molecule has 2 atom stereocenters. The van der Waals surface area contributed by atoms with Crippen molar-refractivity contribution in [3.63, 3.8) is 0 Å². The van der Waals surface area contributed by atoms with Crippen LogP contribution in [0.4, 0.5) is 4.39 Å². The predicted molar refractivity (Wildman–Crippen MR) is 82.6 cm³/mol. The molecule has 0 aliphatic carbocycles. The van der Waals surface area contributed by atoms with E-state index in [1.807, 2.05) is 6.92 Å². The summed E-state index contributed by atoms with van der Waals surface area (Å²) in [5, 5.41) is 13.4. The average molecular weight is 312 g/mol. The van der Waals surface area contributed by atoms with Crippen molar-refractivity contribution in [2.24, 2.45) is 0 Å². The molecule has 1 aliphatic rings. The van der Waals surface area contributed by atoms with Crippen LogP contribution in [0, 0.1) is 5.82 Å². The first-order valence-electron chi connectivity index (χ1n) is 7.65. The first-order valence-corrected chi connectivity index (χ1v) is 7.65. The average Bonchev–Trinajstić information content (AvgIpc) is 2.54. The number of benzene rings is 1. The van der Waals surface area contributed by atoms with Crippen LogP contribution in [-0.2, 0) is 4.74 Å². The second kappa shape index (κ2) is 8.43. The molecule has 1 aromatic carbocycles. The summed E-state index contributed by atoms with van der Waals surface area (Å²) < 4.78 is 23.7. The van der Waals surface area contributed by atoms with Gasteiger partial charge in [0.25, 0.3) is 0 Å². The van der Waals surface area contributed by atoms with E-state index in [0.29, 0.717) is 13.1 Å². The van der Waals surface area contributed by atoms with E-state index >= 15 is 0 Å². The molecular formula is C16H25FN2O3. The molecule has 0 radical (unpaired) electrons. The lowest BCUT2D eigenvalue weighted by Gasteiger charge is -2.29. The van der Waals surface area contributed by atoms with Crippen LogP contribution < -0.4 is 10.1 Å². The van der Waals surface area contributed by atoms with Crippen LogP contribution in [0.25, 0.3) is 0 Å². The Morgan fingerprint density at radius 1 is 1.41 bits per heavy atom. The Morgan fingerprint density at radius 2 is 2.14 bits per heavy atom. The van der Waals surface area contributed by atoms with Crippen molar-refractivity contribution >= 4 is 0 Å². The Bertz CT molecular complexity index is 467. The predicted octanol–water partition coefficient (Wildman–Crippen LogP) is 1.18. The van der Waals surface area contributed by atoms with Crippen LogP contribution >= 0.6 is 0 Å². The highest BCUT2D eigenvalue weighted by Gasteiger charge is 2.16. The van der Waals surface area contributed by atoms with Gasteiger partial charge in [-0.25, -0.2) is 4.39 Å². The summed E-state index contributed by atoms with van der Waals surface area (Å²) in [6, 6.07) is 4.82. The largest absolute Gasteiger partial charge is 0.494 e. The normalized spacial score (nSPS) is 18.9. The third-order valence-corrected chi connectivity index (χ3v) is 3.91. The molecule has 2 N–H and O–H groups in total. The zero-order valence-electron chi connectivity index (χ0n) is 13.2. The van der Waals surface area contributed by atoms with Crippen molar-refractivity contribution in [2.75, 3.05) is 46.5 Å². The van der Waals surface area contributed by atoms with Gasteiger partial charge in [0.05, 0.1) is 26.4 Å². The topological polar surface area (TPSA) is 54.0 Å². The highest BCUT2D eigenvalue weighted by Crippen LogP contribution is 2.22. The molecule has 0 amide bonds. The lowest BCUT2D eigenvalue weighted by atomic mass is 10.1. The van der Waals surface area contributed by atoms with Crippen molar-refractivity contribution in [1.29, 1.82) is 0 Å². The molecule has 0 aromatic heterocycles. The van der Waals surface area contributed by atoms with Gasteiger partial charge in [0.15, 0.2) is 11.6 Å². The fourth-order valence-electron chi connectivity index (χ4n) is 2.52. The molecule has 1 fully saturated rings. The molecule has 1 saturated heterocycles. The minimum atomic E-state index is -0.442. The van der Waals surface area contributed by atoms with Gasteiger partial charge in [-0.3, -0.25) is 4.90 Å². The van der Waals surface area contributed by atoms with Gasteiger partial charge >= 0.3 is 0 Å². The number of β-amino-alcohol motifs (C(OH)–C–C–N with tert-alkyl or cyclic N) is 1. The van der Waals surface area contributed by atoms with Gasteiger partial charge in [-0.15, -0.1) is 0 Å². The SMILES string of the molecule is COc1cc(C(C)NCC(O)CN2CCOCC2)ccc1F. The maximum Gasteiger partial charge on any atom is 0.165 e. The number of ether oxygens (including phenoxy) is 2. The molecule has 1 aliphatic heterocycles. The number of methoxy groups -OCH3 is 1. The van der Waals surface area contributed by atoms with Crippen LogP contribution in [0.5, 0.6) is 5.75 Å². The van der Waals surface area contributed by atoms with Crippen molar-refractivity contribution < 1.29 is 19.0 Å². The number of nitrogens with zero attached hydrogens (tertiary/aromatic N) is 1. The summed E-state index contributed by atoms with van der Waals surface area (Å²) in [4.78, 5) is 2.20. The fraction of sp³-hybridized carbons (Fsp3) is 0.625. The Kier molecular flexibility index (Phi) is 6.57.